The molecule has 5 nitrogen and oxygen atoms in total. The zero-order valence-corrected chi connectivity index (χ0v) is 9.21. The molecule has 17 heavy (non-hydrogen) atoms. The van der Waals surface area contributed by atoms with Crippen LogP contribution in [0.5, 0.6) is 0 Å². The molecule has 0 fully saturated rings. The van der Waals surface area contributed by atoms with Crippen LogP contribution in [-0.2, 0) is 0 Å². The number of fused-ring (bicyclic) bond motifs is 1. The van der Waals surface area contributed by atoms with Crippen LogP contribution in [0, 0.1) is 6.92 Å². The average molecular weight is 226 g/mol. The monoisotopic (exact) mass is 226 g/mol. The van der Waals surface area contributed by atoms with E-state index in [0.717, 1.165) is 11.1 Å². The third-order valence-electron chi connectivity index (χ3n) is 2.49. The van der Waals surface area contributed by atoms with Crippen LogP contribution in [0.2, 0.25) is 0 Å². The molecule has 84 valence electrons. The summed E-state index contributed by atoms with van der Waals surface area (Å²) in [5.41, 5.74) is 8.67. The van der Waals surface area contributed by atoms with Gasteiger partial charge < -0.3 is 10.2 Å². The summed E-state index contributed by atoms with van der Waals surface area (Å²) < 4.78 is 5.55. The Morgan fingerprint density at radius 1 is 1.24 bits per heavy atom. The highest BCUT2D eigenvalue weighted by molar-refractivity contribution is 5.81. The van der Waals surface area contributed by atoms with Crippen molar-refractivity contribution in [1.82, 2.24) is 15.0 Å². The first-order chi connectivity index (χ1) is 8.24. The van der Waals surface area contributed by atoms with Gasteiger partial charge in [0.15, 0.2) is 11.3 Å². The Hall–Kier alpha value is -2.43. The number of anilines is 1. The number of nitrogens with zero attached hydrogens (tertiary/aromatic N) is 3. The summed E-state index contributed by atoms with van der Waals surface area (Å²) in [7, 11) is 0. The van der Waals surface area contributed by atoms with Gasteiger partial charge in [0, 0.05) is 5.56 Å². The molecule has 0 spiro atoms. The molecule has 5 heteroatoms. The quantitative estimate of drug-likeness (QED) is 0.688. The first-order valence-electron chi connectivity index (χ1n) is 5.18. The second-order valence-electron chi connectivity index (χ2n) is 3.80. The van der Waals surface area contributed by atoms with Gasteiger partial charge in [-0.3, -0.25) is 0 Å². The van der Waals surface area contributed by atoms with E-state index in [9.17, 15) is 0 Å². The third kappa shape index (κ3) is 1.61. The summed E-state index contributed by atoms with van der Waals surface area (Å²) in [5.74, 6) is 0.841. The van der Waals surface area contributed by atoms with Crippen molar-refractivity contribution in [2.75, 3.05) is 5.73 Å². The Balaban J connectivity index is 2.22. The minimum atomic E-state index is 0.331. The van der Waals surface area contributed by atoms with E-state index in [4.69, 9.17) is 10.2 Å². The van der Waals surface area contributed by atoms with Crippen LogP contribution in [-0.4, -0.2) is 15.0 Å². The summed E-state index contributed by atoms with van der Waals surface area (Å²) in [6.07, 6.45) is 1.36. The van der Waals surface area contributed by atoms with Crippen LogP contribution < -0.4 is 5.73 Å². The number of aromatic nitrogens is 3. The Labute approximate surface area is 97.3 Å². The van der Waals surface area contributed by atoms with Crippen LogP contribution in [0.4, 0.5) is 5.82 Å². The highest BCUT2D eigenvalue weighted by Crippen LogP contribution is 2.25. The lowest BCUT2D eigenvalue weighted by molar-refractivity contribution is 0.607. The van der Waals surface area contributed by atoms with Gasteiger partial charge in [-0.1, -0.05) is 17.7 Å². The molecule has 3 aromatic rings. The van der Waals surface area contributed by atoms with Gasteiger partial charge in [-0.25, -0.2) is 9.97 Å². The second-order valence-corrected chi connectivity index (χ2v) is 3.80. The van der Waals surface area contributed by atoms with Gasteiger partial charge in [0.2, 0.25) is 5.89 Å². The molecular weight excluding hydrogens is 216 g/mol. The van der Waals surface area contributed by atoms with Gasteiger partial charge in [-0.15, -0.1) is 0 Å². The molecule has 0 aliphatic rings. The zero-order chi connectivity index (χ0) is 11.8. The molecule has 1 aromatic carbocycles. The van der Waals surface area contributed by atoms with Gasteiger partial charge >= 0.3 is 0 Å². The normalized spacial score (nSPS) is 10.9. The summed E-state index contributed by atoms with van der Waals surface area (Å²) >= 11 is 0. The van der Waals surface area contributed by atoms with Crippen LogP contribution in [0.3, 0.4) is 0 Å². The van der Waals surface area contributed by atoms with E-state index in [-0.39, 0.29) is 0 Å². The second kappa shape index (κ2) is 3.55. The molecule has 2 N–H and O–H groups in total. The summed E-state index contributed by atoms with van der Waals surface area (Å²) in [5, 5.41) is 0. The van der Waals surface area contributed by atoms with Crippen molar-refractivity contribution in [2.45, 2.75) is 6.92 Å². The fourth-order valence-electron chi connectivity index (χ4n) is 1.67. The van der Waals surface area contributed by atoms with Crippen molar-refractivity contribution in [3.63, 3.8) is 0 Å². The van der Waals surface area contributed by atoms with E-state index in [1.54, 1.807) is 0 Å². The fraction of sp³-hybridized carbons (Fsp3) is 0.0833. The zero-order valence-electron chi connectivity index (χ0n) is 9.21. The first-order valence-corrected chi connectivity index (χ1v) is 5.18. The molecule has 3 rings (SSSR count). The Bertz CT molecular complexity index is 690. The van der Waals surface area contributed by atoms with Crippen molar-refractivity contribution in [1.29, 1.82) is 0 Å². The summed E-state index contributed by atoms with van der Waals surface area (Å²) in [6, 6.07) is 7.89. The van der Waals surface area contributed by atoms with Crippen molar-refractivity contribution in [3.05, 3.63) is 36.2 Å². The molecule has 0 saturated carbocycles. The highest BCUT2D eigenvalue weighted by Gasteiger charge is 2.11. The molecule has 0 aliphatic heterocycles. The van der Waals surface area contributed by atoms with Crippen LogP contribution in [0.25, 0.3) is 22.7 Å². The summed E-state index contributed by atoms with van der Waals surface area (Å²) in [4.78, 5) is 12.2. The Morgan fingerprint density at radius 2 is 2.12 bits per heavy atom. The number of aryl methyl sites for hydroxylation is 1. The minimum absolute atomic E-state index is 0.331. The molecule has 0 radical (unpaired) electrons. The van der Waals surface area contributed by atoms with Gasteiger partial charge in [0.25, 0.3) is 5.71 Å². The number of nitrogen functional groups attached to an aromatic ring is 1. The Morgan fingerprint density at radius 3 is 2.88 bits per heavy atom. The number of hydrogen-bond donors (Lipinski definition) is 1. The lowest BCUT2D eigenvalue weighted by Gasteiger charge is -1.95. The van der Waals surface area contributed by atoms with Crippen molar-refractivity contribution < 1.29 is 4.42 Å². The summed E-state index contributed by atoms with van der Waals surface area (Å²) in [6.45, 7) is 2.01. The minimum Gasteiger partial charge on any atom is -0.417 e. The molecule has 0 atom stereocenters. The van der Waals surface area contributed by atoms with Crippen LogP contribution >= 0.6 is 0 Å². The highest BCUT2D eigenvalue weighted by atomic mass is 16.4. The largest absolute Gasteiger partial charge is 0.417 e. The number of hydrogen-bond acceptors (Lipinski definition) is 5. The topological polar surface area (TPSA) is 77.8 Å². The number of nitrogens with two attached hydrogens (primary N) is 1. The number of rotatable bonds is 1. The van der Waals surface area contributed by atoms with Gasteiger partial charge in [-0.05, 0) is 19.1 Å². The van der Waals surface area contributed by atoms with Gasteiger partial charge in [0.1, 0.15) is 6.33 Å². The van der Waals surface area contributed by atoms with E-state index >= 15 is 0 Å². The lowest BCUT2D eigenvalue weighted by atomic mass is 10.1. The molecule has 0 bridgehead atoms. The Kier molecular flexibility index (Phi) is 2.04. The standard InChI is InChI=1S/C12H10N4O/c1-7-3-2-4-8(5-7)11-16-9-10(13)14-6-15-12(9)17-11/h2-6H,1H3,(H2,13,14,15). The molecule has 2 aromatic heterocycles. The van der Waals surface area contributed by atoms with E-state index in [0.29, 0.717) is 22.9 Å². The predicted molar refractivity (Wildman–Crippen MR) is 64.2 cm³/mol. The first kappa shape index (κ1) is 9.77. The fourth-order valence-corrected chi connectivity index (χ4v) is 1.67. The van der Waals surface area contributed by atoms with Crippen LogP contribution in [0.1, 0.15) is 5.56 Å². The SMILES string of the molecule is Cc1cccc(-c2nc3c(N)ncnc3o2)c1. The van der Waals surface area contributed by atoms with Crippen molar-refractivity contribution in [3.8, 4) is 11.5 Å². The van der Waals surface area contributed by atoms with E-state index in [1.807, 2.05) is 31.2 Å². The van der Waals surface area contributed by atoms with Crippen LogP contribution in [0.15, 0.2) is 35.0 Å². The maximum atomic E-state index is 5.70. The molecule has 2 heterocycles. The van der Waals surface area contributed by atoms with Gasteiger partial charge in [0.05, 0.1) is 0 Å². The molecular formula is C12H10N4O. The molecule has 0 amide bonds. The number of benzene rings is 1. The maximum Gasteiger partial charge on any atom is 0.252 e. The molecule has 0 saturated heterocycles. The maximum absolute atomic E-state index is 5.70. The third-order valence-corrected chi connectivity index (χ3v) is 2.49. The number of oxazole rings is 1. The van der Waals surface area contributed by atoms with Crippen molar-refractivity contribution in [2.24, 2.45) is 0 Å². The lowest BCUT2D eigenvalue weighted by Crippen LogP contribution is -1.91. The molecule has 0 unspecified atom stereocenters. The van der Waals surface area contributed by atoms with E-state index in [1.165, 1.54) is 6.33 Å². The van der Waals surface area contributed by atoms with E-state index < -0.39 is 0 Å². The van der Waals surface area contributed by atoms with E-state index in [2.05, 4.69) is 15.0 Å². The average Bonchev–Trinajstić information content (AvgIpc) is 2.74. The molecule has 0 aliphatic carbocycles. The smallest absolute Gasteiger partial charge is 0.252 e. The predicted octanol–water partition coefficient (Wildman–Crippen LogP) is 2.18. The van der Waals surface area contributed by atoms with Crippen molar-refractivity contribution >= 4 is 17.0 Å². The van der Waals surface area contributed by atoms with Gasteiger partial charge in [-0.2, -0.15) is 4.98 Å².